The van der Waals surface area contributed by atoms with E-state index in [1.54, 1.807) is 0 Å². The largest absolute Gasteiger partial charge is 0.396 e. The first-order valence-corrected chi connectivity index (χ1v) is 5.35. The van der Waals surface area contributed by atoms with Crippen molar-refractivity contribution in [2.75, 3.05) is 17.7 Å². The summed E-state index contributed by atoms with van der Waals surface area (Å²) in [6.07, 6.45) is 1.59. The maximum absolute atomic E-state index is 8.92. The second kappa shape index (κ2) is 4.56. The molecule has 5 nitrogen and oxygen atoms in total. The summed E-state index contributed by atoms with van der Waals surface area (Å²) in [6.45, 7) is 4.26. The van der Waals surface area contributed by atoms with E-state index in [1.807, 2.05) is 6.92 Å². The lowest BCUT2D eigenvalue weighted by Crippen LogP contribution is -2.34. The van der Waals surface area contributed by atoms with Gasteiger partial charge in [0.1, 0.15) is 0 Å². The van der Waals surface area contributed by atoms with Gasteiger partial charge >= 0.3 is 0 Å². The molecule has 0 fully saturated rings. The Morgan fingerprint density at radius 1 is 1.64 bits per heavy atom. The quantitative estimate of drug-likeness (QED) is 0.686. The van der Waals surface area contributed by atoms with Crippen molar-refractivity contribution in [3.05, 3.63) is 0 Å². The fourth-order valence-corrected chi connectivity index (χ4v) is 1.77. The summed E-state index contributed by atoms with van der Waals surface area (Å²) in [5.41, 5.74) is 5.27. The first-order valence-electron chi connectivity index (χ1n) is 4.58. The van der Waals surface area contributed by atoms with Crippen LogP contribution in [0.3, 0.4) is 0 Å². The van der Waals surface area contributed by atoms with Gasteiger partial charge in [0.25, 0.3) is 0 Å². The lowest BCUT2D eigenvalue weighted by atomic mass is 9.95. The van der Waals surface area contributed by atoms with Crippen LogP contribution in [0.1, 0.15) is 26.7 Å². The summed E-state index contributed by atoms with van der Waals surface area (Å²) in [6, 6.07) is 0. The van der Waals surface area contributed by atoms with Crippen LogP contribution in [0.2, 0.25) is 0 Å². The molecule has 1 unspecified atom stereocenters. The molecule has 14 heavy (non-hydrogen) atoms. The van der Waals surface area contributed by atoms with Gasteiger partial charge in [-0.05, 0) is 19.8 Å². The minimum atomic E-state index is -0.138. The van der Waals surface area contributed by atoms with Crippen molar-refractivity contribution in [2.45, 2.75) is 32.2 Å². The molecule has 0 aromatic carbocycles. The van der Waals surface area contributed by atoms with E-state index in [0.29, 0.717) is 17.5 Å². The van der Waals surface area contributed by atoms with Gasteiger partial charge in [0.05, 0.1) is 0 Å². The molecular formula is C8H16N4OS. The van der Waals surface area contributed by atoms with E-state index in [-0.39, 0.29) is 12.1 Å². The highest BCUT2D eigenvalue weighted by molar-refractivity contribution is 7.09. The van der Waals surface area contributed by atoms with Crippen molar-refractivity contribution < 1.29 is 5.11 Å². The Bertz CT molecular complexity index is 291. The van der Waals surface area contributed by atoms with Crippen LogP contribution in [0.5, 0.6) is 0 Å². The Morgan fingerprint density at radius 3 is 2.79 bits per heavy atom. The lowest BCUT2D eigenvalue weighted by molar-refractivity contribution is 0.252. The first kappa shape index (κ1) is 11.2. The fourth-order valence-electron chi connectivity index (χ4n) is 1.12. The minimum absolute atomic E-state index is 0.138. The minimum Gasteiger partial charge on any atom is -0.396 e. The number of aliphatic hydroxyl groups is 1. The van der Waals surface area contributed by atoms with Crippen molar-refractivity contribution in [3.63, 3.8) is 0 Å². The molecule has 0 bridgehead atoms. The highest BCUT2D eigenvalue weighted by Gasteiger charge is 2.22. The topological polar surface area (TPSA) is 84.1 Å². The molecule has 0 saturated carbocycles. The van der Waals surface area contributed by atoms with Crippen LogP contribution in [-0.4, -0.2) is 26.6 Å². The van der Waals surface area contributed by atoms with Crippen molar-refractivity contribution >= 4 is 22.6 Å². The van der Waals surface area contributed by atoms with Crippen molar-refractivity contribution in [3.8, 4) is 0 Å². The molecule has 0 aliphatic carbocycles. The van der Waals surface area contributed by atoms with E-state index < -0.39 is 0 Å². The molecular weight excluding hydrogens is 200 g/mol. The smallest absolute Gasteiger partial charge is 0.233 e. The molecule has 0 amide bonds. The van der Waals surface area contributed by atoms with Crippen molar-refractivity contribution in [1.29, 1.82) is 0 Å². The number of nitrogen functional groups attached to an aromatic ring is 1. The third kappa shape index (κ3) is 2.81. The average Bonchev–Trinajstić information content (AvgIpc) is 2.51. The van der Waals surface area contributed by atoms with E-state index >= 15 is 0 Å². The van der Waals surface area contributed by atoms with E-state index in [1.165, 1.54) is 11.5 Å². The molecule has 1 rings (SSSR count). The number of nitrogens with zero attached hydrogens (tertiary/aromatic N) is 2. The number of aromatic nitrogens is 2. The maximum atomic E-state index is 8.92. The molecule has 1 aromatic heterocycles. The zero-order valence-electron chi connectivity index (χ0n) is 8.45. The maximum Gasteiger partial charge on any atom is 0.233 e. The van der Waals surface area contributed by atoms with Crippen LogP contribution < -0.4 is 11.1 Å². The Morgan fingerprint density at radius 2 is 2.36 bits per heavy atom. The van der Waals surface area contributed by atoms with Crippen molar-refractivity contribution in [1.82, 2.24) is 9.36 Å². The van der Waals surface area contributed by atoms with E-state index in [2.05, 4.69) is 21.6 Å². The molecule has 1 aromatic rings. The van der Waals surface area contributed by atoms with E-state index in [0.717, 1.165) is 6.42 Å². The summed E-state index contributed by atoms with van der Waals surface area (Å²) in [5, 5.41) is 12.9. The third-order valence-electron chi connectivity index (χ3n) is 2.29. The summed E-state index contributed by atoms with van der Waals surface area (Å²) in [4.78, 5) is 4.02. The van der Waals surface area contributed by atoms with Crippen molar-refractivity contribution in [2.24, 2.45) is 0 Å². The lowest BCUT2D eigenvalue weighted by Gasteiger charge is -2.28. The second-order valence-corrected chi connectivity index (χ2v) is 4.22. The summed E-state index contributed by atoms with van der Waals surface area (Å²) < 4.78 is 3.88. The van der Waals surface area contributed by atoms with Gasteiger partial charge in [0.2, 0.25) is 11.1 Å². The monoisotopic (exact) mass is 216 g/mol. The molecule has 0 aliphatic rings. The van der Waals surface area contributed by atoms with Crippen LogP contribution in [0.4, 0.5) is 11.1 Å². The van der Waals surface area contributed by atoms with Crippen LogP contribution in [0.25, 0.3) is 0 Å². The van der Waals surface area contributed by atoms with Gasteiger partial charge in [-0.25, -0.2) is 0 Å². The number of hydrogen-bond donors (Lipinski definition) is 3. The highest BCUT2D eigenvalue weighted by Crippen LogP contribution is 2.23. The van der Waals surface area contributed by atoms with Gasteiger partial charge in [-0.1, -0.05) is 6.92 Å². The summed E-state index contributed by atoms with van der Waals surface area (Å²) >= 11 is 1.24. The third-order valence-corrected chi connectivity index (χ3v) is 2.94. The Labute approximate surface area is 87.5 Å². The van der Waals surface area contributed by atoms with Crippen LogP contribution >= 0.6 is 11.5 Å². The van der Waals surface area contributed by atoms with Crippen LogP contribution in [-0.2, 0) is 0 Å². The molecule has 0 aliphatic heterocycles. The van der Waals surface area contributed by atoms with Gasteiger partial charge in [-0.3, -0.25) is 0 Å². The predicted octanol–water partition coefficient (Wildman–Crippen LogP) is 1.08. The highest BCUT2D eigenvalue weighted by atomic mass is 32.1. The number of rotatable bonds is 5. The van der Waals surface area contributed by atoms with Crippen LogP contribution in [0, 0.1) is 0 Å². The Kier molecular flexibility index (Phi) is 3.65. The molecule has 1 atom stereocenters. The van der Waals surface area contributed by atoms with Gasteiger partial charge in [0, 0.05) is 23.7 Å². The summed E-state index contributed by atoms with van der Waals surface area (Å²) in [5.74, 6) is 0.292. The normalized spacial score (nSPS) is 15.1. The second-order valence-electron chi connectivity index (χ2n) is 3.47. The SMILES string of the molecule is CCC(C)(CCO)Nc1nc(N)ns1. The fraction of sp³-hybridized carbons (Fsp3) is 0.750. The zero-order valence-corrected chi connectivity index (χ0v) is 9.27. The Balaban J connectivity index is 2.64. The standard InChI is InChI=1S/C8H16N4OS/c1-3-8(2,4-5-13)11-7-10-6(9)12-14-7/h13H,3-5H2,1-2H3,(H3,9,10,11,12). The first-order chi connectivity index (χ1) is 6.59. The molecule has 80 valence electrons. The molecule has 0 saturated heterocycles. The number of nitrogens with one attached hydrogen (secondary N) is 1. The van der Waals surface area contributed by atoms with Gasteiger partial charge in [-0.2, -0.15) is 9.36 Å². The molecule has 4 N–H and O–H groups in total. The predicted molar refractivity (Wildman–Crippen MR) is 58.3 cm³/mol. The van der Waals surface area contributed by atoms with E-state index in [9.17, 15) is 0 Å². The number of nitrogens with two attached hydrogens (primary N) is 1. The zero-order chi connectivity index (χ0) is 10.6. The molecule has 0 spiro atoms. The molecule has 0 radical (unpaired) electrons. The van der Waals surface area contributed by atoms with Gasteiger partial charge in [-0.15, -0.1) is 0 Å². The Hall–Kier alpha value is -0.880. The summed E-state index contributed by atoms with van der Waals surface area (Å²) in [7, 11) is 0. The van der Waals surface area contributed by atoms with Gasteiger partial charge in [0.15, 0.2) is 0 Å². The number of anilines is 2. The van der Waals surface area contributed by atoms with Gasteiger partial charge < -0.3 is 16.2 Å². The van der Waals surface area contributed by atoms with E-state index in [4.69, 9.17) is 10.8 Å². The number of aliphatic hydroxyl groups excluding tert-OH is 1. The van der Waals surface area contributed by atoms with Crippen LogP contribution in [0.15, 0.2) is 0 Å². The number of hydrogen-bond acceptors (Lipinski definition) is 6. The molecule has 6 heteroatoms. The molecule has 1 heterocycles. The average molecular weight is 216 g/mol.